The van der Waals surface area contributed by atoms with E-state index in [4.69, 9.17) is 0 Å². The first kappa shape index (κ1) is 15.9. The quantitative estimate of drug-likeness (QED) is 0.775. The van der Waals surface area contributed by atoms with Crippen LogP contribution in [0.15, 0.2) is 27.1 Å². The lowest BCUT2D eigenvalue weighted by atomic mass is 10.2. The van der Waals surface area contributed by atoms with E-state index in [0.717, 1.165) is 8.95 Å². The summed E-state index contributed by atoms with van der Waals surface area (Å²) in [5, 5.41) is 5.83. The van der Waals surface area contributed by atoms with Crippen molar-refractivity contribution < 1.29 is 13.2 Å². The Morgan fingerprint density at radius 2 is 2.15 bits per heavy atom. The molecule has 0 bridgehead atoms. The van der Waals surface area contributed by atoms with Crippen LogP contribution < -0.4 is 10.6 Å². The number of halogens is 2. The molecule has 0 aromatic heterocycles. The molecule has 1 aliphatic rings. The normalized spacial score (nSPS) is 21.4. The van der Waals surface area contributed by atoms with Crippen LogP contribution in [0.1, 0.15) is 6.42 Å². The second-order valence-corrected chi connectivity index (χ2v) is 8.64. The van der Waals surface area contributed by atoms with E-state index < -0.39 is 9.84 Å². The van der Waals surface area contributed by atoms with Gasteiger partial charge in [-0.2, -0.15) is 0 Å². The Balaban J connectivity index is 1.97. The zero-order valence-electron chi connectivity index (χ0n) is 10.5. The van der Waals surface area contributed by atoms with Crippen molar-refractivity contribution in [3.8, 4) is 0 Å². The molecule has 20 heavy (non-hydrogen) atoms. The Hall–Kier alpha value is -0.440. The summed E-state index contributed by atoms with van der Waals surface area (Å²) < 4.78 is 24.7. The number of carbonyl (C=O) groups is 1. The summed E-state index contributed by atoms with van der Waals surface area (Å²) in [6, 6.07) is 5.14. The Morgan fingerprint density at radius 3 is 2.85 bits per heavy atom. The van der Waals surface area contributed by atoms with Crippen LogP contribution in [0.3, 0.4) is 0 Å². The van der Waals surface area contributed by atoms with E-state index in [1.54, 1.807) is 6.07 Å². The van der Waals surface area contributed by atoms with Gasteiger partial charge in [0.1, 0.15) is 0 Å². The minimum atomic E-state index is -3.02. The molecule has 1 aliphatic heterocycles. The first-order chi connectivity index (χ1) is 9.35. The number of rotatable bonds is 3. The van der Waals surface area contributed by atoms with E-state index in [-0.39, 0.29) is 29.9 Å². The first-order valence-corrected chi connectivity index (χ1v) is 9.45. The topological polar surface area (TPSA) is 75.3 Å². The van der Waals surface area contributed by atoms with E-state index in [2.05, 4.69) is 42.5 Å². The standard InChI is InChI=1S/C12H14Br2N2O3S/c13-8-1-2-10(14)11(5-8)16-12(17)6-9-7-20(18,19)4-3-15-9/h1-2,5,9,15H,3-4,6-7H2,(H,16,17). The summed E-state index contributed by atoms with van der Waals surface area (Å²) >= 11 is 6.69. The molecule has 0 saturated carbocycles. The number of sulfone groups is 1. The lowest BCUT2D eigenvalue weighted by Crippen LogP contribution is -2.46. The van der Waals surface area contributed by atoms with E-state index in [9.17, 15) is 13.2 Å². The van der Waals surface area contributed by atoms with Gasteiger partial charge < -0.3 is 10.6 Å². The fourth-order valence-corrected chi connectivity index (χ4v) is 4.17. The number of hydrogen-bond acceptors (Lipinski definition) is 4. The van der Waals surface area contributed by atoms with Crippen LogP contribution in [0.25, 0.3) is 0 Å². The molecular formula is C12H14Br2N2O3S. The Morgan fingerprint density at radius 1 is 1.40 bits per heavy atom. The number of carbonyl (C=O) groups excluding carboxylic acids is 1. The molecule has 1 amide bonds. The molecule has 1 aromatic carbocycles. The molecule has 1 heterocycles. The zero-order chi connectivity index (χ0) is 14.8. The molecule has 1 saturated heterocycles. The number of hydrogen-bond donors (Lipinski definition) is 2. The third-order valence-electron chi connectivity index (χ3n) is 2.94. The van der Waals surface area contributed by atoms with Gasteiger partial charge in [-0.15, -0.1) is 0 Å². The molecule has 1 atom stereocenters. The summed E-state index contributed by atoms with van der Waals surface area (Å²) in [6.07, 6.45) is 0.137. The highest BCUT2D eigenvalue weighted by Gasteiger charge is 2.26. The summed E-state index contributed by atoms with van der Waals surface area (Å²) in [5.74, 6) is -0.0547. The molecular weight excluding hydrogens is 412 g/mol. The summed E-state index contributed by atoms with van der Waals surface area (Å²) in [5.41, 5.74) is 0.656. The van der Waals surface area contributed by atoms with Gasteiger partial charge in [-0.25, -0.2) is 8.42 Å². The predicted molar refractivity (Wildman–Crippen MR) is 85.5 cm³/mol. The van der Waals surface area contributed by atoms with Crippen LogP contribution in [-0.4, -0.2) is 38.4 Å². The second kappa shape index (κ2) is 6.55. The van der Waals surface area contributed by atoms with Gasteiger partial charge in [0.25, 0.3) is 0 Å². The van der Waals surface area contributed by atoms with Crippen LogP contribution in [0, 0.1) is 0 Å². The Kier molecular flexibility index (Phi) is 5.22. The zero-order valence-corrected chi connectivity index (χ0v) is 14.5. The van der Waals surface area contributed by atoms with Crippen LogP contribution in [0.4, 0.5) is 5.69 Å². The maximum Gasteiger partial charge on any atom is 0.226 e. The molecule has 2 N–H and O–H groups in total. The third-order valence-corrected chi connectivity index (χ3v) is 5.86. The molecule has 0 aliphatic carbocycles. The van der Waals surface area contributed by atoms with Crippen molar-refractivity contribution in [2.45, 2.75) is 12.5 Å². The van der Waals surface area contributed by atoms with E-state index >= 15 is 0 Å². The van der Waals surface area contributed by atoms with E-state index in [1.165, 1.54) is 0 Å². The van der Waals surface area contributed by atoms with Crippen molar-refractivity contribution in [2.75, 3.05) is 23.4 Å². The number of benzene rings is 1. The maximum absolute atomic E-state index is 12.0. The highest BCUT2D eigenvalue weighted by atomic mass is 79.9. The first-order valence-electron chi connectivity index (χ1n) is 6.04. The van der Waals surface area contributed by atoms with Crippen LogP contribution >= 0.6 is 31.9 Å². The highest BCUT2D eigenvalue weighted by Crippen LogP contribution is 2.26. The molecule has 110 valence electrons. The van der Waals surface area contributed by atoms with Crippen molar-refractivity contribution in [2.24, 2.45) is 0 Å². The van der Waals surface area contributed by atoms with Gasteiger partial charge in [-0.05, 0) is 34.1 Å². The van der Waals surface area contributed by atoms with Crippen molar-refractivity contribution in [1.29, 1.82) is 0 Å². The third kappa shape index (κ3) is 4.54. The molecule has 2 rings (SSSR count). The Labute approximate surface area is 134 Å². The monoisotopic (exact) mass is 424 g/mol. The van der Waals surface area contributed by atoms with Crippen LogP contribution in [0.5, 0.6) is 0 Å². The lowest BCUT2D eigenvalue weighted by Gasteiger charge is -2.23. The summed E-state index contributed by atoms with van der Waals surface area (Å²) in [6.45, 7) is 0.404. The summed E-state index contributed by atoms with van der Waals surface area (Å²) in [4.78, 5) is 12.0. The number of amides is 1. The fourth-order valence-electron chi connectivity index (χ4n) is 2.02. The average Bonchev–Trinajstić information content (AvgIpc) is 2.32. The smallest absolute Gasteiger partial charge is 0.226 e. The van der Waals surface area contributed by atoms with Gasteiger partial charge in [0, 0.05) is 28.0 Å². The predicted octanol–water partition coefficient (Wildman–Crippen LogP) is 1.93. The minimum Gasteiger partial charge on any atom is -0.325 e. The van der Waals surface area contributed by atoms with Crippen molar-refractivity contribution in [3.63, 3.8) is 0 Å². The van der Waals surface area contributed by atoms with Crippen molar-refractivity contribution >= 4 is 53.3 Å². The van der Waals surface area contributed by atoms with E-state index in [0.29, 0.717) is 12.2 Å². The van der Waals surface area contributed by atoms with Gasteiger partial charge in [0.2, 0.25) is 5.91 Å². The molecule has 0 radical (unpaired) electrons. The van der Waals surface area contributed by atoms with Crippen molar-refractivity contribution in [3.05, 3.63) is 27.1 Å². The van der Waals surface area contributed by atoms with Crippen LogP contribution in [0.2, 0.25) is 0 Å². The van der Waals surface area contributed by atoms with Crippen molar-refractivity contribution in [1.82, 2.24) is 5.32 Å². The van der Waals surface area contributed by atoms with Crippen LogP contribution in [-0.2, 0) is 14.6 Å². The lowest BCUT2D eigenvalue weighted by molar-refractivity contribution is -0.116. The van der Waals surface area contributed by atoms with Gasteiger partial charge in [-0.1, -0.05) is 15.9 Å². The number of nitrogens with one attached hydrogen (secondary N) is 2. The van der Waals surface area contributed by atoms with Gasteiger partial charge >= 0.3 is 0 Å². The summed E-state index contributed by atoms with van der Waals surface area (Å²) in [7, 11) is -3.02. The van der Waals surface area contributed by atoms with E-state index in [1.807, 2.05) is 12.1 Å². The van der Waals surface area contributed by atoms with Gasteiger partial charge in [0.15, 0.2) is 9.84 Å². The fraction of sp³-hybridized carbons (Fsp3) is 0.417. The molecule has 8 heteroatoms. The molecule has 5 nitrogen and oxygen atoms in total. The second-order valence-electron chi connectivity index (χ2n) is 4.64. The minimum absolute atomic E-state index is 0.0140. The molecule has 1 fully saturated rings. The van der Waals surface area contributed by atoms with Gasteiger partial charge in [-0.3, -0.25) is 4.79 Å². The Bertz CT molecular complexity index is 619. The largest absolute Gasteiger partial charge is 0.325 e. The SMILES string of the molecule is O=C(CC1CS(=O)(=O)CCN1)Nc1cc(Br)ccc1Br. The number of anilines is 1. The average molecular weight is 426 g/mol. The maximum atomic E-state index is 12.0. The highest BCUT2D eigenvalue weighted by molar-refractivity contribution is 9.11. The molecule has 0 spiro atoms. The molecule has 1 unspecified atom stereocenters. The molecule has 1 aromatic rings. The van der Waals surface area contributed by atoms with Gasteiger partial charge in [0.05, 0.1) is 17.2 Å².